The van der Waals surface area contributed by atoms with Crippen LogP contribution in [0, 0.1) is 11.3 Å². The van der Waals surface area contributed by atoms with Crippen LogP contribution < -0.4 is 0 Å². The van der Waals surface area contributed by atoms with E-state index >= 15 is 0 Å². The highest BCUT2D eigenvalue weighted by Gasteiger charge is 2.50. The maximum Gasteiger partial charge on any atom is 0.320 e. The first kappa shape index (κ1) is 10.9. The van der Waals surface area contributed by atoms with E-state index in [4.69, 9.17) is 5.11 Å². The van der Waals surface area contributed by atoms with Gasteiger partial charge in [-0.2, -0.15) is 0 Å². The van der Waals surface area contributed by atoms with Gasteiger partial charge in [0.05, 0.1) is 6.61 Å². The second-order valence-electron chi connectivity index (χ2n) is 5.05. The smallest absolute Gasteiger partial charge is 0.320 e. The van der Waals surface area contributed by atoms with Gasteiger partial charge in [-0.25, -0.2) is 0 Å². The summed E-state index contributed by atoms with van der Waals surface area (Å²) in [7, 11) is 0. The number of likely N-dealkylation sites (tertiary alicyclic amines) is 1. The number of hydrogen-bond acceptors (Lipinski definition) is 3. The number of aliphatic hydroxyl groups is 1. The average Bonchev–Trinajstić information content (AvgIpc) is 2.72. The van der Waals surface area contributed by atoms with E-state index in [9.17, 15) is 9.90 Å². The molecular weight excluding hydrogens is 194 g/mol. The molecule has 1 saturated heterocycles. The van der Waals surface area contributed by atoms with Crippen LogP contribution >= 0.6 is 0 Å². The number of carbonyl (C=O) groups is 1. The number of carboxylic acids is 1. The van der Waals surface area contributed by atoms with Crippen LogP contribution in [0.4, 0.5) is 0 Å². The topological polar surface area (TPSA) is 60.8 Å². The molecule has 2 N–H and O–H groups in total. The summed E-state index contributed by atoms with van der Waals surface area (Å²) in [4.78, 5) is 12.9. The molecule has 1 aliphatic heterocycles. The van der Waals surface area contributed by atoms with Gasteiger partial charge in [-0.05, 0) is 25.7 Å². The van der Waals surface area contributed by atoms with E-state index in [1.54, 1.807) is 6.92 Å². The maximum atomic E-state index is 10.9. The first-order valence-electron chi connectivity index (χ1n) is 5.67. The molecule has 1 aliphatic carbocycles. The lowest BCUT2D eigenvalue weighted by Crippen LogP contribution is -2.39. The molecule has 0 aromatic carbocycles. The molecule has 1 saturated carbocycles. The van der Waals surface area contributed by atoms with Crippen LogP contribution in [0.1, 0.15) is 26.2 Å². The summed E-state index contributed by atoms with van der Waals surface area (Å²) in [6, 6.07) is -0.418. The lowest BCUT2D eigenvalue weighted by atomic mass is 9.82. The lowest BCUT2D eigenvalue weighted by Gasteiger charge is -2.27. The Kier molecular flexibility index (Phi) is 2.73. The van der Waals surface area contributed by atoms with Gasteiger partial charge >= 0.3 is 5.97 Å². The quantitative estimate of drug-likeness (QED) is 0.719. The number of hydrogen-bond donors (Lipinski definition) is 2. The minimum absolute atomic E-state index is 0.00368. The number of aliphatic hydroxyl groups excluding tert-OH is 1. The summed E-state index contributed by atoms with van der Waals surface area (Å²) in [5.74, 6) is -0.257. The largest absolute Gasteiger partial charge is 0.480 e. The molecule has 0 radical (unpaired) electrons. The molecule has 0 aromatic rings. The number of fused-ring (bicyclic) bond motifs is 1. The van der Waals surface area contributed by atoms with E-state index in [-0.39, 0.29) is 12.0 Å². The fourth-order valence-electron chi connectivity index (χ4n) is 3.17. The Hall–Kier alpha value is -0.610. The number of rotatable bonds is 3. The van der Waals surface area contributed by atoms with Crippen LogP contribution in [0.5, 0.6) is 0 Å². The number of nitrogens with zero attached hydrogens (tertiary/aromatic N) is 1. The second kappa shape index (κ2) is 3.76. The molecule has 2 aliphatic rings. The van der Waals surface area contributed by atoms with Gasteiger partial charge in [-0.15, -0.1) is 0 Å². The van der Waals surface area contributed by atoms with Crippen LogP contribution in [0.3, 0.4) is 0 Å². The lowest BCUT2D eigenvalue weighted by molar-refractivity contribution is -0.142. The van der Waals surface area contributed by atoms with Crippen LogP contribution in [-0.2, 0) is 4.79 Å². The van der Waals surface area contributed by atoms with Crippen molar-refractivity contribution in [2.75, 3.05) is 19.7 Å². The Morgan fingerprint density at radius 3 is 2.93 bits per heavy atom. The zero-order chi connectivity index (χ0) is 11.1. The third kappa shape index (κ3) is 1.66. The second-order valence-corrected chi connectivity index (χ2v) is 5.05. The molecule has 15 heavy (non-hydrogen) atoms. The monoisotopic (exact) mass is 213 g/mol. The Labute approximate surface area is 89.9 Å². The van der Waals surface area contributed by atoms with E-state index in [2.05, 4.69) is 0 Å². The van der Waals surface area contributed by atoms with Crippen molar-refractivity contribution < 1.29 is 15.0 Å². The fraction of sp³-hybridized carbons (Fsp3) is 0.909. The molecule has 0 spiro atoms. The van der Waals surface area contributed by atoms with Crippen LogP contribution in [0.25, 0.3) is 0 Å². The zero-order valence-electron chi connectivity index (χ0n) is 9.15. The Morgan fingerprint density at radius 2 is 2.40 bits per heavy atom. The molecule has 0 amide bonds. The highest BCUT2D eigenvalue weighted by Crippen LogP contribution is 2.48. The van der Waals surface area contributed by atoms with E-state index < -0.39 is 12.0 Å². The van der Waals surface area contributed by atoms with Crippen LogP contribution in [0.15, 0.2) is 0 Å². The molecule has 4 heteroatoms. The fourth-order valence-corrected chi connectivity index (χ4v) is 3.17. The number of carboxylic acid groups (broad SMARTS) is 1. The Balaban J connectivity index is 2.08. The highest BCUT2D eigenvalue weighted by atomic mass is 16.4. The van der Waals surface area contributed by atoms with Gasteiger partial charge in [-0.3, -0.25) is 9.69 Å². The molecule has 0 bridgehead atoms. The summed E-state index contributed by atoms with van der Waals surface area (Å²) >= 11 is 0. The Bertz CT molecular complexity index is 269. The van der Waals surface area contributed by atoms with Crippen molar-refractivity contribution in [3.05, 3.63) is 0 Å². The normalized spacial score (nSPS) is 37.9. The molecule has 0 aromatic heterocycles. The van der Waals surface area contributed by atoms with Gasteiger partial charge in [0, 0.05) is 18.5 Å². The van der Waals surface area contributed by atoms with Crippen molar-refractivity contribution in [2.45, 2.75) is 32.2 Å². The molecule has 1 heterocycles. The summed E-state index contributed by atoms with van der Waals surface area (Å²) in [5.41, 5.74) is 0.00368. The van der Waals surface area contributed by atoms with Crippen molar-refractivity contribution in [1.29, 1.82) is 0 Å². The minimum atomic E-state index is -0.761. The van der Waals surface area contributed by atoms with Gasteiger partial charge in [0.1, 0.15) is 6.04 Å². The van der Waals surface area contributed by atoms with Crippen LogP contribution in [-0.4, -0.2) is 46.8 Å². The summed E-state index contributed by atoms with van der Waals surface area (Å²) in [5, 5.41) is 18.4. The summed E-state index contributed by atoms with van der Waals surface area (Å²) < 4.78 is 0. The van der Waals surface area contributed by atoms with Gasteiger partial charge in [-0.1, -0.05) is 6.42 Å². The van der Waals surface area contributed by atoms with Crippen molar-refractivity contribution in [3.63, 3.8) is 0 Å². The number of aliphatic carboxylic acids is 1. The standard InChI is InChI=1S/C11H19NO3/c1-8(10(14)15)12-5-9-3-2-4-11(9,6-12)7-13/h8-9,13H,2-7H2,1H3,(H,14,15)/t8-,9+,11-/m1/s1. The predicted octanol–water partition coefficient (Wildman–Crippen LogP) is 0.554. The first-order chi connectivity index (χ1) is 7.09. The van der Waals surface area contributed by atoms with Crippen molar-refractivity contribution in [1.82, 2.24) is 4.90 Å². The maximum absolute atomic E-state index is 10.9. The van der Waals surface area contributed by atoms with Gasteiger partial charge in [0.25, 0.3) is 0 Å². The minimum Gasteiger partial charge on any atom is -0.480 e. The van der Waals surface area contributed by atoms with Gasteiger partial charge < -0.3 is 10.2 Å². The third-order valence-electron chi connectivity index (χ3n) is 4.29. The molecular formula is C11H19NO3. The molecule has 86 valence electrons. The van der Waals surface area contributed by atoms with E-state index in [1.807, 2.05) is 4.90 Å². The van der Waals surface area contributed by atoms with Crippen molar-refractivity contribution in [3.8, 4) is 0 Å². The van der Waals surface area contributed by atoms with E-state index in [1.165, 1.54) is 6.42 Å². The SMILES string of the molecule is C[C@H](C(=O)O)N1C[C@@H]2CCC[C@]2(CO)C1. The Morgan fingerprint density at radius 1 is 1.67 bits per heavy atom. The third-order valence-corrected chi connectivity index (χ3v) is 4.29. The van der Waals surface area contributed by atoms with E-state index in [0.29, 0.717) is 5.92 Å². The van der Waals surface area contributed by atoms with Gasteiger partial charge in [0.15, 0.2) is 0 Å². The van der Waals surface area contributed by atoms with Gasteiger partial charge in [0.2, 0.25) is 0 Å². The average molecular weight is 213 g/mol. The van der Waals surface area contributed by atoms with Crippen LogP contribution in [0.2, 0.25) is 0 Å². The zero-order valence-corrected chi connectivity index (χ0v) is 9.15. The highest BCUT2D eigenvalue weighted by molar-refractivity contribution is 5.72. The summed E-state index contributed by atoms with van der Waals surface area (Å²) in [6.07, 6.45) is 3.38. The summed E-state index contributed by atoms with van der Waals surface area (Å²) in [6.45, 7) is 3.53. The molecule has 2 rings (SSSR count). The van der Waals surface area contributed by atoms with E-state index in [0.717, 1.165) is 25.9 Å². The van der Waals surface area contributed by atoms with Crippen molar-refractivity contribution in [2.24, 2.45) is 11.3 Å². The molecule has 3 atom stereocenters. The molecule has 2 fully saturated rings. The molecule has 0 unspecified atom stereocenters. The predicted molar refractivity (Wildman–Crippen MR) is 55.5 cm³/mol. The first-order valence-corrected chi connectivity index (χ1v) is 5.67. The molecule has 4 nitrogen and oxygen atoms in total. The van der Waals surface area contributed by atoms with Crippen molar-refractivity contribution >= 4 is 5.97 Å².